The van der Waals surface area contributed by atoms with Gasteiger partial charge in [0, 0.05) is 29.9 Å². The molecule has 1 aliphatic carbocycles. The number of carbonyl (C=O) groups excluding carboxylic acids is 3. The van der Waals surface area contributed by atoms with Gasteiger partial charge in [0.25, 0.3) is 5.91 Å². The monoisotopic (exact) mass is 574 g/mol. The SMILES string of the molecule is CN(C(=O)O)c1ccc(C(=O)N[C@@H](CC2CC2)C(=O)N2CCC[C@@]3(C2)OC(=O)Nc2ccc(Cl)cc23)c(Cl)c1. The van der Waals surface area contributed by atoms with Gasteiger partial charge in [-0.25, -0.2) is 9.59 Å². The van der Waals surface area contributed by atoms with Crippen LogP contribution in [-0.2, 0) is 15.1 Å². The van der Waals surface area contributed by atoms with E-state index in [9.17, 15) is 24.3 Å². The molecule has 2 heterocycles. The number of fused-ring (bicyclic) bond motifs is 2. The third kappa shape index (κ3) is 5.62. The maximum Gasteiger partial charge on any atom is 0.412 e. The summed E-state index contributed by atoms with van der Waals surface area (Å²) in [6.07, 6.45) is 1.82. The van der Waals surface area contributed by atoms with Crippen molar-refractivity contribution in [2.24, 2.45) is 5.92 Å². The molecule has 1 saturated carbocycles. The normalized spacial score (nSPS) is 20.9. The molecule has 0 radical (unpaired) electrons. The number of carbonyl (C=O) groups is 4. The maximum absolute atomic E-state index is 13.8. The zero-order chi connectivity index (χ0) is 27.9. The van der Waals surface area contributed by atoms with Gasteiger partial charge in [-0.2, -0.15) is 0 Å². The Hall–Kier alpha value is -3.50. The minimum Gasteiger partial charge on any atom is -0.465 e. The van der Waals surface area contributed by atoms with Gasteiger partial charge in [-0.15, -0.1) is 0 Å². The summed E-state index contributed by atoms with van der Waals surface area (Å²) in [5, 5.41) is 15.3. The van der Waals surface area contributed by atoms with Gasteiger partial charge >= 0.3 is 12.2 Å². The topological polar surface area (TPSA) is 128 Å². The summed E-state index contributed by atoms with van der Waals surface area (Å²) in [7, 11) is 1.37. The van der Waals surface area contributed by atoms with Crippen LogP contribution in [0.1, 0.15) is 48.0 Å². The average Bonchev–Trinajstić information content (AvgIpc) is 3.72. The molecule has 2 fully saturated rings. The van der Waals surface area contributed by atoms with Crippen molar-refractivity contribution < 1.29 is 29.0 Å². The Kier molecular flexibility index (Phi) is 7.35. The Balaban J connectivity index is 1.36. The molecular formula is C27H28Cl2N4O6. The second-order valence-electron chi connectivity index (χ2n) is 10.3. The van der Waals surface area contributed by atoms with Crippen LogP contribution in [0.3, 0.4) is 0 Å². The molecule has 3 aliphatic rings. The smallest absolute Gasteiger partial charge is 0.412 e. The second-order valence-corrected chi connectivity index (χ2v) is 11.1. The van der Waals surface area contributed by atoms with E-state index in [1.54, 1.807) is 23.1 Å². The summed E-state index contributed by atoms with van der Waals surface area (Å²) in [4.78, 5) is 53.4. The quantitative estimate of drug-likeness (QED) is 0.441. The van der Waals surface area contributed by atoms with Crippen molar-refractivity contribution >= 4 is 58.6 Å². The predicted octanol–water partition coefficient (Wildman–Crippen LogP) is 5.09. The first kappa shape index (κ1) is 27.1. The number of anilines is 2. The van der Waals surface area contributed by atoms with Crippen molar-refractivity contribution in [3.63, 3.8) is 0 Å². The van der Waals surface area contributed by atoms with Gasteiger partial charge in [0.05, 0.1) is 22.8 Å². The van der Waals surface area contributed by atoms with E-state index >= 15 is 0 Å². The van der Waals surface area contributed by atoms with Gasteiger partial charge in [-0.1, -0.05) is 36.0 Å². The summed E-state index contributed by atoms with van der Waals surface area (Å²) in [5.74, 6) is -0.456. The number of hydrogen-bond acceptors (Lipinski definition) is 5. The molecule has 1 saturated heterocycles. The molecule has 3 N–H and O–H groups in total. The summed E-state index contributed by atoms with van der Waals surface area (Å²) < 4.78 is 5.81. The number of nitrogens with one attached hydrogen (secondary N) is 2. The second kappa shape index (κ2) is 10.6. The number of rotatable bonds is 6. The largest absolute Gasteiger partial charge is 0.465 e. The van der Waals surface area contributed by atoms with Crippen molar-refractivity contribution in [3.8, 4) is 0 Å². The Bertz CT molecular complexity index is 1350. The fourth-order valence-corrected chi connectivity index (χ4v) is 5.69. The molecule has 10 nitrogen and oxygen atoms in total. The number of amides is 4. The van der Waals surface area contributed by atoms with Gasteiger partial charge in [-0.05, 0) is 61.6 Å². The highest BCUT2D eigenvalue weighted by Gasteiger charge is 2.47. The molecule has 2 aromatic carbocycles. The molecule has 0 aromatic heterocycles. The predicted molar refractivity (Wildman–Crippen MR) is 146 cm³/mol. The number of nitrogens with zero attached hydrogens (tertiary/aromatic N) is 2. The lowest BCUT2D eigenvalue weighted by atomic mass is 9.83. The van der Waals surface area contributed by atoms with E-state index < -0.39 is 29.7 Å². The van der Waals surface area contributed by atoms with E-state index in [0.717, 1.165) is 17.7 Å². The van der Waals surface area contributed by atoms with Gasteiger partial charge < -0.3 is 20.1 Å². The van der Waals surface area contributed by atoms with Crippen LogP contribution in [0.2, 0.25) is 10.0 Å². The Morgan fingerprint density at radius 2 is 2.00 bits per heavy atom. The number of likely N-dealkylation sites (tertiary alicyclic amines) is 1. The van der Waals surface area contributed by atoms with E-state index in [1.165, 1.54) is 25.2 Å². The van der Waals surface area contributed by atoms with Crippen molar-refractivity contribution in [1.82, 2.24) is 10.2 Å². The zero-order valence-electron chi connectivity index (χ0n) is 21.2. The van der Waals surface area contributed by atoms with Crippen LogP contribution in [0.4, 0.5) is 21.0 Å². The minimum absolute atomic E-state index is 0.0720. The van der Waals surface area contributed by atoms with Gasteiger partial charge in [0.2, 0.25) is 5.91 Å². The molecule has 39 heavy (non-hydrogen) atoms. The molecule has 2 atom stereocenters. The number of benzene rings is 2. The van der Waals surface area contributed by atoms with E-state index in [2.05, 4.69) is 10.6 Å². The van der Waals surface area contributed by atoms with Gasteiger partial charge in [0.1, 0.15) is 6.04 Å². The number of carboxylic acid groups (broad SMARTS) is 1. The highest BCUT2D eigenvalue weighted by Crippen LogP contribution is 2.44. The highest BCUT2D eigenvalue weighted by atomic mass is 35.5. The van der Waals surface area contributed by atoms with Crippen molar-refractivity contribution in [2.45, 2.75) is 43.7 Å². The van der Waals surface area contributed by atoms with Gasteiger partial charge in [-0.3, -0.25) is 19.8 Å². The minimum atomic E-state index is -1.16. The fourth-order valence-electron chi connectivity index (χ4n) is 5.26. The first-order chi connectivity index (χ1) is 18.6. The average molecular weight is 575 g/mol. The maximum atomic E-state index is 13.8. The number of ether oxygens (including phenoxy) is 1. The molecule has 206 valence electrons. The van der Waals surface area contributed by atoms with Gasteiger partial charge in [0.15, 0.2) is 5.60 Å². The van der Waals surface area contributed by atoms with Crippen molar-refractivity contribution in [1.29, 1.82) is 0 Å². The van der Waals surface area contributed by atoms with E-state index in [1.807, 2.05) is 0 Å². The number of hydrogen-bond donors (Lipinski definition) is 3. The first-order valence-corrected chi connectivity index (χ1v) is 13.5. The lowest BCUT2D eigenvalue weighted by Crippen LogP contribution is -2.57. The molecule has 2 aromatic rings. The Morgan fingerprint density at radius 3 is 2.69 bits per heavy atom. The molecule has 4 amide bonds. The van der Waals surface area contributed by atoms with Crippen LogP contribution >= 0.6 is 23.2 Å². The summed E-state index contributed by atoms with van der Waals surface area (Å²) >= 11 is 12.6. The van der Waals surface area contributed by atoms with Crippen LogP contribution in [0.5, 0.6) is 0 Å². The molecule has 1 spiro atoms. The summed E-state index contributed by atoms with van der Waals surface area (Å²) in [6, 6.07) is 8.68. The first-order valence-electron chi connectivity index (χ1n) is 12.7. The van der Waals surface area contributed by atoms with Crippen molar-refractivity contribution in [3.05, 3.63) is 57.6 Å². The van der Waals surface area contributed by atoms with Crippen LogP contribution in [0.25, 0.3) is 0 Å². The van der Waals surface area contributed by atoms with Crippen LogP contribution < -0.4 is 15.5 Å². The Labute approximate surface area is 235 Å². The lowest BCUT2D eigenvalue weighted by Gasteiger charge is -2.45. The summed E-state index contributed by atoms with van der Waals surface area (Å²) in [5.41, 5.74) is 0.719. The highest BCUT2D eigenvalue weighted by molar-refractivity contribution is 6.34. The molecule has 0 bridgehead atoms. The number of halogens is 2. The lowest BCUT2D eigenvalue weighted by molar-refractivity contribution is -0.141. The van der Waals surface area contributed by atoms with Crippen LogP contribution in [-0.4, -0.2) is 60.2 Å². The molecule has 0 unspecified atom stereocenters. The zero-order valence-corrected chi connectivity index (χ0v) is 22.7. The fraction of sp³-hybridized carbons (Fsp3) is 0.407. The van der Waals surface area contributed by atoms with Crippen LogP contribution in [0.15, 0.2) is 36.4 Å². The van der Waals surface area contributed by atoms with Crippen LogP contribution in [0, 0.1) is 5.92 Å². The molecular weight excluding hydrogens is 547 g/mol. The number of piperidine rings is 1. The Morgan fingerprint density at radius 1 is 1.23 bits per heavy atom. The van der Waals surface area contributed by atoms with E-state index in [4.69, 9.17) is 27.9 Å². The molecule has 5 rings (SSSR count). The third-order valence-electron chi connectivity index (χ3n) is 7.50. The third-order valence-corrected chi connectivity index (χ3v) is 8.05. The van der Waals surface area contributed by atoms with Crippen molar-refractivity contribution in [2.75, 3.05) is 30.4 Å². The van der Waals surface area contributed by atoms with E-state index in [0.29, 0.717) is 53.7 Å². The van der Waals surface area contributed by atoms with E-state index in [-0.39, 0.29) is 23.0 Å². The summed E-state index contributed by atoms with van der Waals surface area (Å²) in [6.45, 7) is 0.593. The molecule has 2 aliphatic heterocycles. The molecule has 12 heteroatoms. The standard InChI is InChI=1S/C27H28Cl2N4O6/c1-32(26(37)38)17-6-7-18(20(29)13-17)23(34)30-22(11-15-3-4-15)24(35)33-10-2-9-27(14-33)19-12-16(28)5-8-21(19)31-25(36)39-27/h5-8,12-13,15,22H,2-4,9-11,14H2,1H3,(H,30,34)(H,31,36)(H,37,38)/t22-,27-/m0/s1.